The Morgan fingerprint density at radius 2 is 1.81 bits per heavy atom. The van der Waals surface area contributed by atoms with Gasteiger partial charge in [0.25, 0.3) is 0 Å². The summed E-state index contributed by atoms with van der Waals surface area (Å²) in [5.74, 6) is 0.367. The van der Waals surface area contributed by atoms with Crippen molar-refractivity contribution >= 4 is 41.3 Å². The predicted octanol–water partition coefficient (Wildman–Crippen LogP) is 5.76. The first-order chi connectivity index (χ1) is 9.70. The number of rotatable bonds is 1. The van der Waals surface area contributed by atoms with Crippen LogP contribution in [0.2, 0.25) is 10.0 Å². The molecule has 110 valence electrons. The smallest absolute Gasteiger partial charge is 0.0595 e. The molecule has 3 rings (SSSR count). The molecule has 0 radical (unpaired) electrons. The Labute approximate surface area is 141 Å². The minimum atomic E-state index is 0. The van der Waals surface area contributed by atoms with Gasteiger partial charge in [0.1, 0.15) is 0 Å². The van der Waals surface area contributed by atoms with Crippen LogP contribution in [0, 0.1) is 0 Å². The highest BCUT2D eigenvalue weighted by atomic mass is 35.5. The van der Waals surface area contributed by atoms with Crippen LogP contribution in [0.4, 0.5) is 0 Å². The Bertz CT molecular complexity index is 679. The van der Waals surface area contributed by atoms with E-state index in [2.05, 4.69) is 35.3 Å². The van der Waals surface area contributed by atoms with Gasteiger partial charge in [0, 0.05) is 18.7 Å². The Morgan fingerprint density at radius 1 is 1.05 bits per heavy atom. The standard InChI is InChI=1S/C17H15Cl2N.ClH/c1-20-17-9-7-12(13-4-2-3-5-14(13)17)11-6-8-15(18)16(19)10-11;/h2-6,8,10,12H,7,9H2,1H3;1H. The molecular formula is C17H16Cl3N. The molecule has 0 fully saturated rings. The molecule has 0 spiro atoms. The predicted molar refractivity (Wildman–Crippen MR) is 93.7 cm³/mol. The number of benzene rings is 2. The van der Waals surface area contributed by atoms with Crippen molar-refractivity contribution in [3.05, 3.63) is 69.2 Å². The van der Waals surface area contributed by atoms with Gasteiger partial charge < -0.3 is 0 Å². The molecule has 0 N–H and O–H groups in total. The lowest BCUT2D eigenvalue weighted by molar-refractivity contribution is 0.722. The van der Waals surface area contributed by atoms with Gasteiger partial charge in [-0.05, 0) is 41.7 Å². The van der Waals surface area contributed by atoms with E-state index in [0.717, 1.165) is 12.8 Å². The minimum Gasteiger partial charge on any atom is -0.292 e. The second-order valence-corrected chi connectivity index (χ2v) is 5.84. The van der Waals surface area contributed by atoms with Crippen LogP contribution < -0.4 is 0 Å². The summed E-state index contributed by atoms with van der Waals surface area (Å²) in [6.45, 7) is 0. The molecule has 1 unspecified atom stereocenters. The van der Waals surface area contributed by atoms with Crippen LogP contribution in [-0.2, 0) is 0 Å². The Morgan fingerprint density at radius 3 is 2.52 bits per heavy atom. The largest absolute Gasteiger partial charge is 0.292 e. The SMILES string of the molecule is CN=C1CCC(c2ccc(Cl)c(Cl)c2)c2ccccc21.Cl. The van der Waals surface area contributed by atoms with Crippen molar-refractivity contribution in [2.45, 2.75) is 18.8 Å². The third kappa shape index (κ3) is 3.11. The van der Waals surface area contributed by atoms with Crippen LogP contribution in [-0.4, -0.2) is 12.8 Å². The van der Waals surface area contributed by atoms with E-state index in [0.29, 0.717) is 16.0 Å². The van der Waals surface area contributed by atoms with Crippen LogP contribution in [0.3, 0.4) is 0 Å². The van der Waals surface area contributed by atoms with Crippen molar-refractivity contribution < 1.29 is 0 Å². The second kappa shape index (κ2) is 6.83. The van der Waals surface area contributed by atoms with E-state index >= 15 is 0 Å². The minimum absolute atomic E-state index is 0. The lowest BCUT2D eigenvalue weighted by Crippen LogP contribution is -2.17. The molecule has 0 bridgehead atoms. The topological polar surface area (TPSA) is 12.4 Å². The fraction of sp³-hybridized carbons (Fsp3) is 0.235. The quantitative estimate of drug-likeness (QED) is 0.626. The van der Waals surface area contributed by atoms with Crippen molar-refractivity contribution in [3.8, 4) is 0 Å². The van der Waals surface area contributed by atoms with E-state index < -0.39 is 0 Å². The molecule has 21 heavy (non-hydrogen) atoms. The van der Waals surface area contributed by atoms with Crippen molar-refractivity contribution in [2.24, 2.45) is 4.99 Å². The highest BCUT2D eigenvalue weighted by molar-refractivity contribution is 6.42. The summed E-state index contributed by atoms with van der Waals surface area (Å²) < 4.78 is 0. The number of hydrogen-bond acceptors (Lipinski definition) is 1. The fourth-order valence-corrected chi connectivity index (χ4v) is 3.25. The van der Waals surface area contributed by atoms with Gasteiger partial charge in [0.05, 0.1) is 10.0 Å². The fourth-order valence-electron chi connectivity index (χ4n) is 2.94. The molecule has 2 aromatic rings. The van der Waals surface area contributed by atoms with Gasteiger partial charge in [-0.3, -0.25) is 4.99 Å². The van der Waals surface area contributed by atoms with Gasteiger partial charge in [-0.15, -0.1) is 12.4 Å². The molecule has 2 aromatic carbocycles. The zero-order valence-corrected chi connectivity index (χ0v) is 14.0. The molecule has 1 aliphatic carbocycles. The monoisotopic (exact) mass is 339 g/mol. The molecule has 0 saturated carbocycles. The van der Waals surface area contributed by atoms with E-state index in [4.69, 9.17) is 23.2 Å². The molecular weight excluding hydrogens is 325 g/mol. The number of fused-ring (bicyclic) bond motifs is 1. The first kappa shape index (κ1) is 16.4. The van der Waals surface area contributed by atoms with Crippen molar-refractivity contribution in [1.82, 2.24) is 0 Å². The lowest BCUT2D eigenvalue weighted by atomic mass is 9.78. The van der Waals surface area contributed by atoms with Crippen molar-refractivity contribution in [2.75, 3.05) is 7.05 Å². The van der Waals surface area contributed by atoms with Crippen molar-refractivity contribution in [3.63, 3.8) is 0 Å². The lowest BCUT2D eigenvalue weighted by Gasteiger charge is -2.27. The van der Waals surface area contributed by atoms with Crippen LogP contribution in [0.15, 0.2) is 47.5 Å². The van der Waals surface area contributed by atoms with Gasteiger partial charge in [-0.25, -0.2) is 0 Å². The van der Waals surface area contributed by atoms with E-state index in [1.165, 1.54) is 22.4 Å². The number of hydrogen-bond donors (Lipinski definition) is 0. The Hall–Kier alpha value is -1.02. The molecule has 0 saturated heterocycles. The normalized spacial score (nSPS) is 19.0. The summed E-state index contributed by atoms with van der Waals surface area (Å²) in [4.78, 5) is 4.42. The molecule has 4 heteroatoms. The van der Waals surface area contributed by atoms with E-state index in [1.54, 1.807) is 0 Å². The maximum Gasteiger partial charge on any atom is 0.0595 e. The van der Waals surface area contributed by atoms with Gasteiger partial charge in [0.2, 0.25) is 0 Å². The first-order valence-electron chi connectivity index (χ1n) is 6.70. The van der Waals surface area contributed by atoms with Gasteiger partial charge in [-0.2, -0.15) is 0 Å². The summed E-state index contributed by atoms with van der Waals surface area (Å²) in [6.07, 6.45) is 2.06. The Kier molecular flexibility index (Phi) is 5.32. The van der Waals surface area contributed by atoms with Gasteiger partial charge >= 0.3 is 0 Å². The zero-order valence-electron chi connectivity index (χ0n) is 11.6. The summed E-state index contributed by atoms with van der Waals surface area (Å²) in [5, 5.41) is 1.23. The number of aliphatic imine (C=N–C) groups is 1. The van der Waals surface area contributed by atoms with Crippen LogP contribution in [0.25, 0.3) is 0 Å². The summed E-state index contributed by atoms with van der Waals surface area (Å²) in [5.41, 5.74) is 5.01. The van der Waals surface area contributed by atoms with E-state index in [1.807, 2.05) is 19.2 Å². The molecule has 0 aromatic heterocycles. The van der Waals surface area contributed by atoms with Crippen LogP contribution >= 0.6 is 35.6 Å². The number of nitrogens with zero attached hydrogens (tertiary/aromatic N) is 1. The van der Waals surface area contributed by atoms with Crippen molar-refractivity contribution in [1.29, 1.82) is 0 Å². The second-order valence-electron chi connectivity index (χ2n) is 5.02. The van der Waals surface area contributed by atoms with Gasteiger partial charge in [-0.1, -0.05) is 53.5 Å². The molecule has 1 aliphatic rings. The third-order valence-electron chi connectivity index (χ3n) is 3.93. The molecule has 0 aliphatic heterocycles. The van der Waals surface area contributed by atoms with Crippen LogP contribution in [0.5, 0.6) is 0 Å². The molecule has 0 amide bonds. The molecule has 1 nitrogen and oxygen atoms in total. The van der Waals surface area contributed by atoms with Gasteiger partial charge in [0.15, 0.2) is 0 Å². The zero-order chi connectivity index (χ0) is 14.1. The maximum atomic E-state index is 6.16. The summed E-state index contributed by atoms with van der Waals surface area (Å²) in [7, 11) is 1.87. The maximum absolute atomic E-state index is 6.16. The van der Waals surface area contributed by atoms with E-state index in [9.17, 15) is 0 Å². The number of halogens is 3. The van der Waals surface area contributed by atoms with E-state index in [-0.39, 0.29) is 12.4 Å². The first-order valence-corrected chi connectivity index (χ1v) is 7.46. The molecule has 0 heterocycles. The highest BCUT2D eigenvalue weighted by Gasteiger charge is 2.25. The summed E-state index contributed by atoms with van der Waals surface area (Å²) >= 11 is 12.2. The highest BCUT2D eigenvalue weighted by Crippen LogP contribution is 2.38. The average Bonchev–Trinajstić information content (AvgIpc) is 2.49. The molecule has 1 atom stereocenters. The van der Waals surface area contributed by atoms with Crippen LogP contribution in [0.1, 0.15) is 35.4 Å². The third-order valence-corrected chi connectivity index (χ3v) is 4.67. The summed E-state index contributed by atoms with van der Waals surface area (Å²) in [6, 6.07) is 14.4. The Balaban J connectivity index is 0.00000161. The average molecular weight is 341 g/mol.